The number of rotatable bonds is 4. The minimum Gasteiger partial charge on any atom is -0.290 e. The number of hydrogen-bond donors (Lipinski definition) is 2. The van der Waals surface area contributed by atoms with Gasteiger partial charge in [0.25, 0.3) is 5.56 Å². The van der Waals surface area contributed by atoms with Gasteiger partial charge >= 0.3 is 0 Å². The third kappa shape index (κ3) is 3.94. The lowest BCUT2D eigenvalue weighted by Crippen LogP contribution is -2.16. The summed E-state index contributed by atoms with van der Waals surface area (Å²) in [5.41, 5.74) is 3.06. The second kappa shape index (κ2) is 7.88. The van der Waals surface area contributed by atoms with Crippen LogP contribution in [0.2, 0.25) is 0 Å². The average Bonchev–Trinajstić information content (AvgIpc) is 2.65. The van der Waals surface area contributed by atoms with Gasteiger partial charge in [0.1, 0.15) is 17.4 Å². The Morgan fingerprint density at radius 3 is 2.77 bits per heavy atom. The van der Waals surface area contributed by atoms with E-state index in [9.17, 15) is 14.4 Å². The van der Waals surface area contributed by atoms with E-state index in [0.717, 1.165) is 3.57 Å². The SMILES string of the molecule is N#Cc1c(-c2ccccc2)nc(NN=Cc2cc(I)ccc2F)[nH]c1=O. The standard InChI is InChI=1S/C18H11FIN5O/c19-15-7-6-13(20)8-12(15)10-22-25-18-23-16(11-4-2-1-3-5-11)14(9-21)17(26)24-18/h1-8,10H,(H2,23,24,25,26). The lowest BCUT2D eigenvalue weighted by molar-refractivity contribution is 0.625. The number of H-pyrrole nitrogens is 1. The van der Waals surface area contributed by atoms with E-state index in [2.05, 4.69) is 43.1 Å². The van der Waals surface area contributed by atoms with Crippen LogP contribution in [0.1, 0.15) is 11.1 Å². The molecule has 0 aliphatic carbocycles. The number of anilines is 1. The number of nitrogens with one attached hydrogen (secondary N) is 2. The van der Waals surface area contributed by atoms with Crippen LogP contribution in [0.4, 0.5) is 10.3 Å². The first-order chi connectivity index (χ1) is 12.6. The maximum atomic E-state index is 13.7. The van der Waals surface area contributed by atoms with Crippen LogP contribution >= 0.6 is 22.6 Å². The molecule has 26 heavy (non-hydrogen) atoms. The number of aromatic nitrogens is 2. The van der Waals surface area contributed by atoms with Gasteiger partial charge in [-0.2, -0.15) is 10.4 Å². The lowest BCUT2D eigenvalue weighted by atomic mass is 10.1. The number of nitriles is 1. The molecule has 0 bridgehead atoms. The Morgan fingerprint density at radius 2 is 2.04 bits per heavy atom. The Balaban J connectivity index is 1.93. The number of hydrogen-bond acceptors (Lipinski definition) is 5. The maximum Gasteiger partial charge on any atom is 0.270 e. The van der Waals surface area contributed by atoms with Crippen molar-refractivity contribution in [1.29, 1.82) is 5.26 Å². The summed E-state index contributed by atoms with van der Waals surface area (Å²) in [4.78, 5) is 18.8. The van der Waals surface area contributed by atoms with Crippen LogP contribution in [0.25, 0.3) is 11.3 Å². The number of halogens is 2. The zero-order valence-electron chi connectivity index (χ0n) is 13.2. The third-order valence-electron chi connectivity index (χ3n) is 3.41. The summed E-state index contributed by atoms with van der Waals surface area (Å²) in [5, 5.41) is 13.1. The van der Waals surface area contributed by atoms with Gasteiger partial charge in [-0.25, -0.2) is 14.8 Å². The number of benzene rings is 2. The molecule has 0 saturated carbocycles. The molecule has 0 amide bonds. The summed E-state index contributed by atoms with van der Waals surface area (Å²) < 4.78 is 14.6. The first-order valence-electron chi connectivity index (χ1n) is 7.42. The molecule has 0 fully saturated rings. The molecule has 0 aliphatic heterocycles. The van der Waals surface area contributed by atoms with Crippen molar-refractivity contribution < 1.29 is 4.39 Å². The van der Waals surface area contributed by atoms with Crippen LogP contribution in [-0.4, -0.2) is 16.2 Å². The summed E-state index contributed by atoms with van der Waals surface area (Å²) in [6.45, 7) is 0. The molecule has 0 spiro atoms. The largest absolute Gasteiger partial charge is 0.290 e. The Kier molecular flexibility index (Phi) is 5.38. The molecular formula is C18H11FIN5O. The highest BCUT2D eigenvalue weighted by atomic mass is 127. The van der Waals surface area contributed by atoms with Crippen molar-refractivity contribution in [3.8, 4) is 17.3 Å². The van der Waals surface area contributed by atoms with E-state index >= 15 is 0 Å². The molecule has 128 valence electrons. The highest BCUT2D eigenvalue weighted by Gasteiger charge is 2.12. The highest BCUT2D eigenvalue weighted by Crippen LogP contribution is 2.19. The Bertz CT molecular complexity index is 1070. The van der Waals surface area contributed by atoms with Crippen LogP contribution < -0.4 is 11.0 Å². The van der Waals surface area contributed by atoms with Gasteiger partial charge in [0.15, 0.2) is 0 Å². The van der Waals surface area contributed by atoms with Gasteiger partial charge in [-0.1, -0.05) is 30.3 Å². The molecule has 0 radical (unpaired) electrons. The summed E-state index contributed by atoms with van der Waals surface area (Å²) in [5.74, 6) is -0.364. The van der Waals surface area contributed by atoms with Gasteiger partial charge in [0.2, 0.25) is 5.95 Å². The van der Waals surface area contributed by atoms with E-state index in [1.165, 1.54) is 12.3 Å². The smallest absolute Gasteiger partial charge is 0.270 e. The molecule has 0 atom stereocenters. The van der Waals surface area contributed by atoms with E-state index in [-0.39, 0.29) is 17.2 Å². The average molecular weight is 459 g/mol. The monoisotopic (exact) mass is 459 g/mol. The van der Waals surface area contributed by atoms with Crippen molar-refractivity contribution in [3.63, 3.8) is 0 Å². The zero-order chi connectivity index (χ0) is 18.5. The van der Waals surface area contributed by atoms with Gasteiger partial charge in [0.05, 0.1) is 11.9 Å². The highest BCUT2D eigenvalue weighted by molar-refractivity contribution is 14.1. The predicted molar refractivity (Wildman–Crippen MR) is 105 cm³/mol. The second-order valence-corrected chi connectivity index (χ2v) is 6.40. The molecule has 1 aromatic heterocycles. The fourth-order valence-corrected chi connectivity index (χ4v) is 2.73. The molecular weight excluding hydrogens is 448 g/mol. The van der Waals surface area contributed by atoms with Crippen LogP contribution in [0.5, 0.6) is 0 Å². The molecule has 2 N–H and O–H groups in total. The minimum absolute atomic E-state index is 0.0511. The summed E-state index contributed by atoms with van der Waals surface area (Å²) >= 11 is 2.07. The predicted octanol–water partition coefficient (Wildman–Crippen LogP) is 3.50. The normalized spacial score (nSPS) is 10.7. The maximum absolute atomic E-state index is 13.7. The summed E-state index contributed by atoms with van der Waals surface area (Å²) in [6.07, 6.45) is 1.29. The summed E-state index contributed by atoms with van der Waals surface area (Å²) in [7, 11) is 0. The van der Waals surface area contributed by atoms with Crippen LogP contribution in [0.3, 0.4) is 0 Å². The Labute approximate surface area is 161 Å². The van der Waals surface area contributed by atoms with Crippen molar-refractivity contribution in [2.45, 2.75) is 0 Å². The van der Waals surface area contributed by atoms with Gasteiger partial charge in [0, 0.05) is 14.7 Å². The number of hydrazone groups is 1. The van der Waals surface area contributed by atoms with Crippen molar-refractivity contribution in [2.24, 2.45) is 5.10 Å². The minimum atomic E-state index is -0.584. The molecule has 6 nitrogen and oxygen atoms in total. The van der Waals surface area contributed by atoms with Crippen molar-refractivity contribution in [1.82, 2.24) is 9.97 Å². The molecule has 2 aromatic carbocycles. The first-order valence-corrected chi connectivity index (χ1v) is 8.50. The number of nitrogens with zero attached hydrogens (tertiary/aromatic N) is 3. The lowest BCUT2D eigenvalue weighted by Gasteiger charge is -2.06. The number of aromatic amines is 1. The fourth-order valence-electron chi connectivity index (χ4n) is 2.21. The first kappa shape index (κ1) is 17.8. The van der Waals surface area contributed by atoms with Gasteiger partial charge < -0.3 is 0 Å². The van der Waals surface area contributed by atoms with Crippen molar-refractivity contribution >= 4 is 34.8 Å². The summed E-state index contributed by atoms with van der Waals surface area (Å²) in [6, 6.07) is 15.4. The molecule has 0 saturated heterocycles. The van der Waals surface area contributed by atoms with Gasteiger partial charge in [-0.3, -0.25) is 9.78 Å². The van der Waals surface area contributed by atoms with E-state index in [1.807, 2.05) is 12.1 Å². The molecule has 1 heterocycles. The third-order valence-corrected chi connectivity index (χ3v) is 4.08. The molecule has 3 aromatic rings. The molecule has 8 heteroatoms. The van der Waals surface area contributed by atoms with Gasteiger partial charge in [-0.15, -0.1) is 0 Å². The fraction of sp³-hybridized carbons (Fsp3) is 0. The van der Waals surface area contributed by atoms with Crippen LogP contribution in [0.15, 0.2) is 58.4 Å². The van der Waals surface area contributed by atoms with Gasteiger partial charge in [-0.05, 0) is 40.8 Å². The van der Waals surface area contributed by atoms with E-state index in [1.54, 1.807) is 36.4 Å². The topological polar surface area (TPSA) is 93.9 Å². The molecule has 3 rings (SSSR count). The van der Waals surface area contributed by atoms with Crippen molar-refractivity contribution in [2.75, 3.05) is 5.43 Å². The van der Waals surface area contributed by atoms with Crippen LogP contribution in [0, 0.1) is 20.7 Å². The van der Waals surface area contributed by atoms with E-state index in [0.29, 0.717) is 11.1 Å². The van der Waals surface area contributed by atoms with E-state index in [4.69, 9.17) is 0 Å². The second-order valence-electron chi connectivity index (χ2n) is 5.15. The van der Waals surface area contributed by atoms with Crippen molar-refractivity contribution in [3.05, 3.63) is 79.4 Å². The van der Waals surface area contributed by atoms with Crippen LogP contribution in [-0.2, 0) is 0 Å². The molecule has 0 unspecified atom stereocenters. The quantitative estimate of drug-likeness (QED) is 0.355. The van der Waals surface area contributed by atoms with E-state index < -0.39 is 11.4 Å². The Morgan fingerprint density at radius 1 is 1.27 bits per heavy atom. The molecule has 0 aliphatic rings. The zero-order valence-corrected chi connectivity index (χ0v) is 15.4. The Hall–Kier alpha value is -3.06.